The van der Waals surface area contributed by atoms with Crippen LogP contribution in [0.1, 0.15) is 44.0 Å². The summed E-state index contributed by atoms with van der Waals surface area (Å²) in [4.78, 5) is 16.6. The minimum absolute atomic E-state index is 0.0473. The molecule has 1 saturated heterocycles. The molecule has 1 aromatic heterocycles. The van der Waals surface area contributed by atoms with E-state index in [4.69, 9.17) is 4.74 Å². The number of aryl methyl sites for hydroxylation is 1. The van der Waals surface area contributed by atoms with E-state index in [0.717, 1.165) is 37.3 Å². The molecule has 2 rings (SSSR count). The summed E-state index contributed by atoms with van der Waals surface area (Å²) in [5, 5.41) is 6.44. The maximum absolute atomic E-state index is 12.1. The molecule has 2 N–H and O–H groups in total. The molecule has 0 saturated carbocycles. The van der Waals surface area contributed by atoms with Crippen molar-refractivity contribution < 1.29 is 9.53 Å². The highest BCUT2D eigenvalue weighted by molar-refractivity contribution is 5.78. The van der Waals surface area contributed by atoms with Crippen molar-refractivity contribution in [2.75, 3.05) is 19.8 Å². The molecule has 2 heterocycles. The van der Waals surface area contributed by atoms with Gasteiger partial charge < -0.3 is 10.1 Å². The fraction of sp³-hybridized carbons (Fsp3) is 0.647. The van der Waals surface area contributed by atoms with Gasteiger partial charge in [0, 0.05) is 25.5 Å². The molecule has 1 atom stereocenters. The van der Waals surface area contributed by atoms with Gasteiger partial charge in [0.05, 0.1) is 18.3 Å². The molecule has 1 amide bonds. The third kappa shape index (κ3) is 4.78. The zero-order chi connectivity index (χ0) is 15.9. The Morgan fingerprint density at radius 3 is 2.77 bits per heavy atom. The molecule has 0 unspecified atom stereocenters. The second kappa shape index (κ2) is 8.25. The van der Waals surface area contributed by atoms with Crippen LogP contribution in [0.4, 0.5) is 0 Å². The van der Waals surface area contributed by atoms with Gasteiger partial charge in [0.2, 0.25) is 5.91 Å². The molecule has 22 heavy (non-hydrogen) atoms. The van der Waals surface area contributed by atoms with Crippen LogP contribution in [0.3, 0.4) is 0 Å². The summed E-state index contributed by atoms with van der Waals surface area (Å²) in [7, 11) is 0. The maximum atomic E-state index is 12.1. The van der Waals surface area contributed by atoms with Crippen LogP contribution in [0, 0.1) is 12.8 Å². The predicted molar refractivity (Wildman–Crippen MR) is 86.5 cm³/mol. The molecule has 0 aromatic carbocycles. The number of hydrogen-bond donors (Lipinski definition) is 2. The van der Waals surface area contributed by atoms with Crippen molar-refractivity contribution in [3.63, 3.8) is 0 Å². The van der Waals surface area contributed by atoms with Gasteiger partial charge in [0.15, 0.2) is 0 Å². The van der Waals surface area contributed by atoms with Crippen LogP contribution in [-0.2, 0) is 9.53 Å². The summed E-state index contributed by atoms with van der Waals surface area (Å²) in [6.45, 7) is 8.13. The average molecular weight is 305 g/mol. The van der Waals surface area contributed by atoms with Crippen LogP contribution in [-0.4, -0.2) is 36.7 Å². The maximum Gasteiger partial charge on any atom is 0.234 e. The van der Waals surface area contributed by atoms with Crippen LogP contribution >= 0.6 is 0 Å². The summed E-state index contributed by atoms with van der Waals surface area (Å²) >= 11 is 0. The van der Waals surface area contributed by atoms with E-state index in [1.165, 1.54) is 0 Å². The Balaban J connectivity index is 1.89. The largest absolute Gasteiger partial charge is 0.381 e. The van der Waals surface area contributed by atoms with Crippen LogP contribution in [0.2, 0.25) is 0 Å². The monoisotopic (exact) mass is 305 g/mol. The third-order valence-electron chi connectivity index (χ3n) is 4.08. The molecular formula is C17H27N3O2. The molecule has 1 aliphatic heterocycles. The first-order valence-corrected chi connectivity index (χ1v) is 8.10. The van der Waals surface area contributed by atoms with Gasteiger partial charge in [-0.25, -0.2) is 0 Å². The number of nitrogens with one attached hydrogen (secondary N) is 2. The van der Waals surface area contributed by atoms with Crippen molar-refractivity contribution in [2.24, 2.45) is 5.92 Å². The third-order valence-corrected chi connectivity index (χ3v) is 4.08. The number of rotatable bonds is 6. The van der Waals surface area contributed by atoms with E-state index >= 15 is 0 Å². The van der Waals surface area contributed by atoms with Gasteiger partial charge in [-0.1, -0.05) is 19.9 Å². The number of carbonyl (C=O) groups is 1. The fourth-order valence-electron chi connectivity index (χ4n) is 2.79. The summed E-state index contributed by atoms with van der Waals surface area (Å²) < 4.78 is 5.31. The topological polar surface area (TPSA) is 63.2 Å². The second-order valence-electron chi connectivity index (χ2n) is 6.26. The Kier molecular flexibility index (Phi) is 6.34. The summed E-state index contributed by atoms with van der Waals surface area (Å²) in [5.41, 5.74) is 2.18. The molecule has 0 radical (unpaired) electrons. The van der Waals surface area contributed by atoms with Crippen molar-refractivity contribution in [3.05, 3.63) is 29.6 Å². The van der Waals surface area contributed by atoms with Gasteiger partial charge >= 0.3 is 0 Å². The van der Waals surface area contributed by atoms with E-state index < -0.39 is 0 Å². The first-order valence-electron chi connectivity index (χ1n) is 8.10. The number of pyridine rings is 1. The number of aromatic nitrogens is 1. The van der Waals surface area contributed by atoms with E-state index in [-0.39, 0.29) is 18.0 Å². The molecule has 0 aliphatic carbocycles. The highest BCUT2D eigenvalue weighted by atomic mass is 16.5. The number of hydrogen-bond acceptors (Lipinski definition) is 4. The van der Waals surface area contributed by atoms with E-state index in [0.29, 0.717) is 12.5 Å². The molecule has 1 aliphatic rings. The standard InChI is InChI=1S/C17H27N3O2/c1-12(2)16(17-13(3)5-4-8-18-17)19-11-15(21)20-14-6-9-22-10-7-14/h4-5,8,12,14,16,19H,6-7,9-11H2,1-3H3,(H,20,21)/t16-/m0/s1. The molecule has 5 heteroatoms. The summed E-state index contributed by atoms with van der Waals surface area (Å²) in [5.74, 6) is 0.413. The van der Waals surface area contributed by atoms with Gasteiger partial charge in [-0.15, -0.1) is 0 Å². The minimum Gasteiger partial charge on any atom is -0.381 e. The number of carbonyl (C=O) groups excluding carboxylic acids is 1. The Bertz CT molecular complexity index is 485. The van der Waals surface area contributed by atoms with E-state index in [9.17, 15) is 4.79 Å². The lowest BCUT2D eigenvalue weighted by molar-refractivity contribution is -0.121. The van der Waals surface area contributed by atoms with Gasteiger partial charge in [-0.05, 0) is 37.3 Å². The van der Waals surface area contributed by atoms with Crippen molar-refractivity contribution >= 4 is 5.91 Å². The van der Waals surface area contributed by atoms with Gasteiger partial charge in [-0.3, -0.25) is 15.1 Å². The Labute approximate surface area is 132 Å². The van der Waals surface area contributed by atoms with Crippen LogP contribution < -0.4 is 10.6 Å². The lowest BCUT2D eigenvalue weighted by Crippen LogP contribution is -2.44. The fourth-order valence-corrected chi connectivity index (χ4v) is 2.79. The average Bonchev–Trinajstić information content (AvgIpc) is 2.50. The number of ether oxygens (including phenoxy) is 1. The Morgan fingerprint density at radius 2 is 2.14 bits per heavy atom. The van der Waals surface area contributed by atoms with Crippen molar-refractivity contribution in [2.45, 2.75) is 45.7 Å². The molecule has 5 nitrogen and oxygen atoms in total. The molecule has 0 bridgehead atoms. The first kappa shape index (κ1) is 16.9. The Morgan fingerprint density at radius 1 is 1.41 bits per heavy atom. The first-order chi connectivity index (χ1) is 10.6. The molecule has 1 aromatic rings. The molecule has 122 valence electrons. The van der Waals surface area contributed by atoms with Crippen LogP contribution in [0.5, 0.6) is 0 Å². The quantitative estimate of drug-likeness (QED) is 0.843. The number of amides is 1. The minimum atomic E-state index is 0.0473. The molecular weight excluding hydrogens is 278 g/mol. The highest BCUT2D eigenvalue weighted by Crippen LogP contribution is 2.22. The normalized spacial score (nSPS) is 17.5. The molecule has 0 spiro atoms. The zero-order valence-electron chi connectivity index (χ0n) is 13.8. The smallest absolute Gasteiger partial charge is 0.234 e. The summed E-state index contributed by atoms with van der Waals surface area (Å²) in [6.07, 6.45) is 3.61. The van der Waals surface area contributed by atoms with Crippen molar-refractivity contribution in [1.29, 1.82) is 0 Å². The van der Waals surface area contributed by atoms with Gasteiger partial charge in [-0.2, -0.15) is 0 Å². The van der Waals surface area contributed by atoms with Crippen molar-refractivity contribution in [1.82, 2.24) is 15.6 Å². The van der Waals surface area contributed by atoms with E-state index in [1.807, 2.05) is 12.3 Å². The zero-order valence-corrected chi connectivity index (χ0v) is 13.8. The highest BCUT2D eigenvalue weighted by Gasteiger charge is 2.21. The van der Waals surface area contributed by atoms with E-state index in [1.54, 1.807) is 0 Å². The van der Waals surface area contributed by atoms with E-state index in [2.05, 4.69) is 42.5 Å². The Hall–Kier alpha value is -1.46. The second-order valence-corrected chi connectivity index (χ2v) is 6.26. The molecule has 1 fully saturated rings. The predicted octanol–water partition coefficient (Wildman–Crippen LogP) is 1.97. The summed E-state index contributed by atoms with van der Waals surface area (Å²) in [6, 6.07) is 4.33. The number of nitrogens with zero attached hydrogens (tertiary/aromatic N) is 1. The van der Waals surface area contributed by atoms with Gasteiger partial charge in [0.25, 0.3) is 0 Å². The SMILES string of the molecule is Cc1cccnc1[C@@H](NCC(=O)NC1CCOCC1)C(C)C. The van der Waals surface area contributed by atoms with Crippen molar-refractivity contribution in [3.8, 4) is 0 Å². The van der Waals surface area contributed by atoms with Crippen LogP contribution in [0.15, 0.2) is 18.3 Å². The lowest BCUT2D eigenvalue weighted by Gasteiger charge is -2.25. The van der Waals surface area contributed by atoms with Gasteiger partial charge in [0.1, 0.15) is 0 Å². The van der Waals surface area contributed by atoms with Crippen LogP contribution in [0.25, 0.3) is 0 Å². The lowest BCUT2D eigenvalue weighted by atomic mass is 9.97.